The van der Waals surface area contributed by atoms with E-state index < -0.39 is 11.5 Å². The molecule has 118 valence electrons. The summed E-state index contributed by atoms with van der Waals surface area (Å²) in [6.45, 7) is 6.49. The van der Waals surface area contributed by atoms with Crippen LogP contribution in [0.1, 0.15) is 52.4 Å². The average Bonchev–Trinajstić information content (AvgIpc) is 3.20. The van der Waals surface area contributed by atoms with Crippen LogP contribution in [0, 0.1) is 0 Å². The predicted molar refractivity (Wildman–Crippen MR) is 78.0 cm³/mol. The first kappa shape index (κ1) is 17.4. The van der Waals surface area contributed by atoms with Gasteiger partial charge >= 0.3 is 5.97 Å². The van der Waals surface area contributed by atoms with Crippen LogP contribution in [0.15, 0.2) is 0 Å². The number of ether oxygens (including phenoxy) is 2. The molecule has 2 N–H and O–H groups in total. The van der Waals surface area contributed by atoms with Gasteiger partial charge in [0.1, 0.15) is 5.54 Å². The van der Waals surface area contributed by atoms with Crippen molar-refractivity contribution in [1.82, 2.24) is 5.32 Å². The molecule has 1 aliphatic rings. The van der Waals surface area contributed by atoms with Crippen LogP contribution >= 0.6 is 0 Å². The summed E-state index contributed by atoms with van der Waals surface area (Å²) in [5, 5.41) is 12.5. The van der Waals surface area contributed by atoms with Crippen molar-refractivity contribution in [3.05, 3.63) is 0 Å². The first-order valence-electron chi connectivity index (χ1n) is 7.75. The number of nitrogens with one attached hydrogen (secondary N) is 1. The van der Waals surface area contributed by atoms with Crippen molar-refractivity contribution < 1.29 is 19.4 Å². The fraction of sp³-hybridized carbons (Fsp3) is 0.933. The minimum absolute atomic E-state index is 0.393. The molecule has 1 atom stereocenters. The number of carbonyl (C=O) groups is 1. The Kier molecular flexibility index (Phi) is 8.11. The highest BCUT2D eigenvalue weighted by Gasteiger charge is 2.37. The van der Waals surface area contributed by atoms with Crippen molar-refractivity contribution >= 4 is 5.97 Å². The molecule has 20 heavy (non-hydrogen) atoms. The van der Waals surface area contributed by atoms with E-state index in [2.05, 4.69) is 12.2 Å². The molecule has 0 amide bonds. The highest BCUT2D eigenvalue weighted by Crippen LogP contribution is 2.25. The van der Waals surface area contributed by atoms with Crippen molar-refractivity contribution in [3.63, 3.8) is 0 Å². The van der Waals surface area contributed by atoms with E-state index in [1.807, 2.05) is 0 Å². The number of carboxylic acid groups (broad SMARTS) is 1. The molecule has 1 saturated carbocycles. The lowest BCUT2D eigenvalue weighted by Gasteiger charge is -2.26. The summed E-state index contributed by atoms with van der Waals surface area (Å²) in [5.41, 5.74) is -0.817. The molecule has 0 aromatic rings. The van der Waals surface area contributed by atoms with Crippen LogP contribution in [0.2, 0.25) is 0 Å². The van der Waals surface area contributed by atoms with Gasteiger partial charge in [0.25, 0.3) is 0 Å². The molecule has 0 spiro atoms. The molecule has 1 fully saturated rings. The standard InChI is InChI=1S/C15H29NO4/c1-3-4-9-19-11-12-20-10-5-8-15(2,14(17)18)16-13-6-7-13/h13,16H,3-12H2,1-2H3,(H,17,18). The van der Waals surface area contributed by atoms with Crippen molar-refractivity contribution in [2.45, 2.75) is 64.0 Å². The fourth-order valence-electron chi connectivity index (χ4n) is 2.02. The quantitative estimate of drug-likeness (QED) is 0.508. The maximum absolute atomic E-state index is 11.3. The second-order valence-corrected chi connectivity index (χ2v) is 5.74. The van der Waals surface area contributed by atoms with Gasteiger partial charge in [0.2, 0.25) is 0 Å². The SMILES string of the molecule is CCCCOCCOCCCC(C)(NC1CC1)C(=O)O. The van der Waals surface area contributed by atoms with Crippen molar-refractivity contribution in [3.8, 4) is 0 Å². The van der Waals surface area contributed by atoms with Gasteiger partial charge < -0.3 is 14.6 Å². The molecule has 5 nitrogen and oxygen atoms in total. The molecule has 0 radical (unpaired) electrons. The summed E-state index contributed by atoms with van der Waals surface area (Å²) >= 11 is 0. The Bertz CT molecular complexity index is 281. The van der Waals surface area contributed by atoms with E-state index in [1.54, 1.807) is 6.92 Å². The van der Waals surface area contributed by atoms with Crippen LogP contribution in [0.25, 0.3) is 0 Å². The Hall–Kier alpha value is -0.650. The van der Waals surface area contributed by atoms with E-state index in [0.717, 1.165) is 38.7 Å². The number of hydrogen-bond donors (Lipinski definition) is 2. The summed E-state index contributed by atoms with van der Waals surface area (Å²) in [5.74, 6) is -0.771. The fourth-order valence-corrected chi connectivity index (χ4v) is 2.02. The number of hydrogen-bond acceptors (Lipinski definition) is 4. The molecular weight excluding hydrogens is 258 g/mol. The molecule has 1 unspecified atom stereocenters. The van der Waals surface area contributed by atoms with Gasteiger partial charge in [-0.2, -0.15) is 0 Å². The minimum Gasteiger partial charge on any atom is -0.480 e. The lowest BCUT2D eigenvalue weighted by molar-refractivity contribution is -0.144. The van der Waals surface area contributed by atoms with Crippen molar-refractivity contribution in [2.24, 2.45) is 0 Å². The van der Waals surface area contributed by atoms with Gasteiger partial charge in [-0.15, -0.1) is 0 Å². The lowest BCUT2D eigenvalue weighted by atomic mass is 9.96. The van der Waals surface area contributed by atoms with Gasteiger partial charge in [-0.25, -0.2) is 0 Å². The minimum atomic E-state index is -0.817. The maximum atomic E-state index is 11.3. The second kappa shape index (κ2) is 9.32. The van der Waals surface area contributed by atoms with Gasteiger partial charge in [-0.1, -0.05) is 13.3 Å². The van der Waals surface area contributed by atoms with Crippen molar-refractivity contribution in [2.75, 3.05) is 26.4 Å². The zero-order valence-electron chi connectivity index (χ0n) is 12.8. The Balaban J connectivity index is 2.01. The van der Waals surface area contributed by atoms with Crippen LogP contribution in [-0.4, -0.2) is 49.1 Å². The van der Waals surface area contributed by atoms with Crippen LogP contribution in [0.3, 0.4) is 0 Å². The van der Waals surface area contributed by atoms with Crippen LogP contribution in [-0.2, 0) is 14.3 Å². The monoisotopic (exact) mass is 287 g/mol. The number of carboxylic acids is 1. The number of unbranched alkanes of at least 4 members (excludes halogenated alkanes) is 1. The lowest BCUT2D eigenvalue weighted by Crippen LogP contribution is -2.50. The Morgan fingerprint density at radius 3 is 2.30 bits per heavy atom. The van der Waals surface area contributed by atoms with Crippen LogP contribution in [0.4, 0.5) is 0 Å². The topological polar surface area (TPSA) is 67.8 Å². The molecular formula is C15H29NO4. The van der Waals surface area contributed by atoms with E-state index >= 15 is 0 Å². The summed E-state index contributed by atoms with van der Waals surface area (Å²) in [6, 6.07) is 0.393. The molecule has 0 aromatic heterocycles. The highest BCUT2D eigenvalue weighted by atomic mass is 16.5. The average molecular weight is 287 g/mol. The molecule has 0 bridgehead atoms. The molecule has 0 heterocycles. The second-order valence-electron chi connectivity index (χ2n) is 5.74. The smallest absolute Gasteiger partial charge is 0.323 e. The maximum Gasteiger partial charge on any atom is 0.323 e. The number of rotatable bonds is 13. The molecule has 0 saturated heterocycles. The van der Waals surface area contributed by atoms with Gasteiger partial charge in [0, 0.05) is 19.3 Å². The molecule has 1 rings (SSSR count). The Labute approximate surface area is 122 Å². The van der Waals surface area contributed by atoms with E-state index in [9.17, 15) is 9.90 Å². The third-order valence-corrected chi connectivity index (χ3v) is 3.55. The molecule has 5 heteroatoms. The van der Waals surface area contributed by atoms with Gasteiger partial charge in [0.15, 0.2) is 0 Å². The van der Waals surface area contributed by atoms with Gasteiger partial charge in [-0.3, -0.25) is 10.1 Å². The Morgan fingerprint density at radius 1 is 1.20 bits per heavy atom. The normalized spacial score (nSPS) is 17.9. The zero-order chi connectivity index (χ0) is 14.8. The van der Waals surface area contributed by atoms with E-state index in [0.29, 0.717) is 32.3 Å². The van der Waals surface area contributed by atoms with Crippen LogP contribution in [0.5, 0.6) is 0 Å². The van der Waals surface area contributed by atoms with E-state index in [4.69, 9.17) is 9.47 Å². The Morgan fingerprint density at radius 2 is 1.80 bits per heavy atom. The summed E-state index contributed by atoms with van der Waals surface area (Å²) in [6.07, 6.45) is 5.75. The first-order chi connectivity index (χ1) is 9.58. The van der Waals surface area contributed by atoms with E-state index in [1.165, 1.54) is 0 Å². The largest absolute Gasteiger partial charge is 0.480 e. The summed E-state index contributed by atoms with van der Waals surface area (Å²) < 4.78 is 10.9. The third-order valence-electron chi connectivity index (χ3n) is 3.55. The van der Waals surface area contributed by atoms with Crippen LogP contribution < -0.4 is 5.32 Å². The zero-order valence-corrected chi connectivity index (χ0v) is 12.8. The van der Waals surface area contributed by atoms with Gasteiger partial charge in [0.05, 0.1) is 13.2 Å². The molecule has 0 aliphatic heterocycles. The number of aliphatic carboxylic acids is 1. The van der Waals surface area contributed by atoms with E-state index in [-0.39, 0.29) is 0 Å². The molecule has 1 aliphatic carbocycles. The first-order valence-corrected chi connectivity index (χ1v) is 7.75. The van der Waals surface area contributed by atoms with Gasteiger partial charge in [-0.05, 0) is 39.0 Å². The molecule has 0 aromatic carbocycles. The third kappa shape index (κ3) is 7.22. The predicted octanol–water partition coefficient (Wildman–Crippen LogP) is 2.20. The summed E-state index contributed by atoms with van der Waals surface area (Å²) in [4.78, 5) is 11.3. The highest BCUT2D eigenvalue weighted by molar-refractivity contribution is 5.78. The van der Waals surface area contributed by atoms with Crippen molar-refractivity contribution in [1.29, 1.82) is 0 Å². The summed E-state index contributed by atoms with van der Waals surface area (Å²) in [7, 11) is 0.